The highest BCUT2D eigenvalue weighted by atomic mass is 19.4. The first-order valence-corrected chi connectivity index (χ1v) is 5.53. The number of nitrogen functional groups attached to an aromatic ring is 1. The number of aryl methyl sites for hydroxylation is 2. The van der Waals surface area contributed by atoms with E-state index < -0.39 is 17.7 Å². The van der Waals surface area contributed by atoms with Crippen LogP contribution in [0.3, 0.4) is 0 Å². The number of pyridine rings is 1. The molecule has 0 radical (unpaired) electrons. The molecule has 0 fully saturated rings. The number of halogens is 3. The van der Waals surface area contributed by atoms with Crippen molar-refractivity contribution in [3.63, 3.8) is 0 Å². The molecule has 0 amide bonds. The van der Waals surface area contributed by atoms with Gasteiger partial charge in [-0.1, -0.05) is 0 Å². The molecule has 0 atom stereocenters. The summed E-state index contributed by atoms with van der Waals surface area (Å²) in [5, 5.41) is 11.4. The molecule has 0 bridgehead atoms. The van der Waals surface area contributed by atoms with Gasteiger partial charge in [0.05, 0.1) is 5.56 Å². The van der Waals surface area contributed by atoms with Crippen LogP contribution < -0.4 is 5.73 Å². The van der Waals surface area contributed by atoms with Crippen LogP contribution in [0.5, 0.6) is 0 Å². The van der Waals surface area contributed by atoms with Crippen LogP contribution in [0.25, 0.3) is 5.82 Å². The lowest BCUT2D eigenvalue weighted by atomic mass is 10.2. The molecule has 106 valence electrons. The third kappa shape index (κ3) is 2.46. The second-order valence-electron chi connectivity index (χ2n) is 4.10. The van der Waals surface area contributed by atoms with Gasteiger partial charge in [-0.15, -0.1) is 5.10 Å². The molecule has 2 aromatic heterocycles. The maximum atomic E-state index is 12.7. The number of aromatic nitrogens is 4. The van der Waals surface area contributed by atoms with Crippen molar-refractivity contribution in [2.75, 3.05) is 0 Å². The lowest BCUT2D eigenvalue weighted by Gasteiger charge is -2.12. The molecule has 0 saturated carbocycles. The number of hydrogen-bond donors (Lipinski definition) is 2. The zero-order valence-electron chi connectivity index (χ0n) is 10.7. The number of nitrogens with two attached hydrogens (primary N) is 1. The van der Waals surface area contributed by atoms with Crippen molar-refractivity contribution in [1.82, 2.24) is 19.7 Å². The lowest BCUT2D eigenvalue weighted by Crippen LogP contribution is -2.20. The number of amidine groups is 1. The zero-order chi connectivity index (χ0) is 15.1. The predicted molar refractivity (Wildman–Crippen MR) is 64.6 cm³/mol. The molecular weight excluding hydrogens is 273 g/mol. The molecule has 20 heavy (non-hydrogen) atoms. The van der Waals surface area contributed by atoms with E-state index in [1.54, 1.807) is 13.8 Å². The number of nitrogens with one attached hydrogen (secondary N) is 1. The van der Waals surface area contributed by atoms with Gasteiger partial charge in [0.2, 0.25) is 0 Å². The summed E-state index contributed by atoms with van der Waals surface area (Å²) in [5.41, 5.74) is 4.35. The topological polar surface area (TPSA) is 93.5 Å². The molecular formula is C11H11F3N6. The molecule has 0 saturated heterocycles. The number of nitrogens with zero attached hydrogens (tertiary/aromatic N) is 4. The molecule has 0 aliphatic rings. The Kier molecular flexibility index (Phi) is 3.20. The van der Waals surface area contributed by atoms with E-state index in [0.717, 1.165) is 16.8 Å². The first-order chi connectivity index (χ1) is 9.20. The smallest absolute Gasteiger partial charge is 0.384 e. The van der Waals surface area contributed by atoms with Crippen LogP contribution in [0.1, 0.15) is 22.9 Å². The predicted octanol–water partition coefficient (Wildman–Crippen LogP) is 1.58. The average Bonchev–Trinajstić information content (AvgIpc) is 2.66. The Morgan fingerprint density at radius 2 is 1.90 bits per heavy atom. The van der Waals surface area contributed by atoms with Gasteiger partial charge in [-0.25, -0.2) is 9.97 Å². The van der Waals surface area contributed by atoms with E-state index in [1.807, 2.05) is 0 Å². The maximum Gasteiger partial charge on any atom is 0.433 e. The van der Waals surface area contributed by atoms with E-state index in [0.29, 0.717) is 11.6 Å². The second-order valence-corrected chi connectivity index (χ2v) is 4.10. The molecule has 0 spiro atoms. The second kappa shape index (κ2) is 4.58. The molecule has 2 rings (SSSR count). The van der Waals surface area contributed by atoms with Crippen LogP contribution >= 0.6 is 0 Å². The summed E-state index contributed by atoms with van der Waals surface area (Å²) in [6, 6.07) is 1.88. The van der Waals surface area contributed by atoms with Crippen molar-refractivity contribution in [3.8, 4) is 5.82 Å². The first-order valence-electron chi connectivity index (χ1n) is 5.53. The molecule has 0 aromatic carbocycles. The van der Waals surface area contributed by atoms with Gasteiger partial charge in [0.25, 0.3) is 0 Å². The fourth-order valence-electron chi connectivity index (χ4n) is 1.70. The molecule has 9 heteroatoms. The van der Waals surface area contributed by atoms with Crippen LogP contribution in [0.4, 0.5) is 13.2 Å². The number of rotatable bonds is 2. The Labute approximate surface area is 112 Å². The summed E-state index contributed by atoms with van der Waals surface area (Å²) in [6.07, 6.45) is -4.59. The van der Waals surface area contributed by atoms with E-state index in [-0.39, 0.29) is 11.4 Å². The lowest BCUT2D eigenvalue weighted by molar-refractivity contribution is -0.141. The first kappa shape index (κ1) is 14.0. The van der Waals surface area contributed by atoms with Gasteiger partial charge in [0.1, 0.15) is 23.2 Å². The molecule has 3 N–H and O–H groups in total. The minimum absolute atomic E-state index is 0.0611. The van der Waals surface area contributed by atoms with Gasteiger partial charge in [-0.05, 0) is 26.0 Å². The standard InChI is InChI=1S/C11H11F3N6/c1-5-17-6(2)20(19-5)10-7(9(15)16)3-4-8(18-10)11(12,13)14/h3-4H,1-2H3,(H3,15,16). The van der Waals surface area contributed by atoms with E-state index in [2.05, 4.69) is 15.1 Å². The Morgan fingerprint density at radius 1 is 1.25 bits per heavy atom. The zero-order valence-corrected chi connectivity index (χ0v) is 10.7. The third-order valence-corrected chi connectivity index (χ3v) is 2.53. The van der Waals surface area contributed by atoms with Crippen LogP contribution in [-0.2, 0) is 6.18 Å². The SMILES string of the molecule is Cc1nc(C)n(-c2nc(C(F)(F)F)ccc2C(=N)N)n1. The fraction of sp³-hybridized carbons (Fsp3) is 0.273. The van der Waals surface area contributed by atoms with Gasteiger partial charge in [0.15, 0.2) is 5.82 Å². The Balaban J connectivity index is 2.71. The van der Waals surface area contributed by atoms with Crippen molar-refractivity contribution < 1.29 is 13.2 Å². The summed E-state index contributed by atoms with van der Waals surface area (Å²) in [4.78, 5) is 7.52. The monoisotopic (exact) mass is 284 g/mol. The largest absolute Gasteiger partial charge is 0.433 e. The highest BCUT2D eigenvalue weighted by Crippen LogP contribution is 2.29. The summed E-state index contributed by atoms with van der Waals surface area (Å²) >= 11 is 0. The molecule has 0 aliphatic carbocycles. The highest BCUT2D eigenvalue weighted by molar-refractivity contribution is 5.97. The molecule has 0 aliphatic heterocycles. The fourth-order valence-corrected chi connectivity index (χ4v) is 1.70. The van der Waals surface area contributed by atoms with E-state index in [1.165, 1.54) is 0 Å². The highest BCUT2D eigenvalue weighted by Gasteiger charge is 2.33. The van der Waals surface area contributed by atoms with E-state index >= 15 is 0 Å². The van der Waals surface area contributed by atoms with Crippen LogP contribution in [0.2, 0.25) is 0 Å². The average molecular weight is 284 g/mol. The molecule has 2 heterocycles. The Bertz CT molecular complexity index is 673. The number of alkyl halides is 3. The van der Waals surface area contributed by atoms with Gasteiger partial charge in [0, 0.05) is 0 Å². The van der Waals surface area contributed by atoms with Crippen molar-refractivity contribution in [3.05, 3.63) is 35.0 Å². The normalized spacial score (nSPS) is 11.7. The third-order valence-electron chi connectivity index (χ3n) is 2.53. The van der Waals surface area contributed by atoms with Crippen molar-refractivity contribution in [2.45, 2.75) is 20.0 Å². The van der Waals surface area contributed by atoms with Gasteiger partial charge in [-0.3, -0.25) is 5.41 Å². The maximum absolute atomic E-state index is 12.7. The van der Waals surface area contributed by atoms with Gasteiger partial charge >= 0.3 is 6.18 Å². The van der Waals surface area contributed by atoms with Crippen LogP contribution in [0.15, 0.2) is 12.1 Å². The van der Waals surface area contributed by atoms with E-state index in [4.69, 9.17) is 11.1 Å². The summed E-state index contributed by atoms with van der Waals surface area (Å²) in [6.45, 7) is 3.18. The van der Waals surface area contributed by atoms with Crippen molar-refractivity contribution in [1.29, 1.82) is 5.41 Å². The molecule has 0 unspecified atom stereocenters. The Hall–Kier alpha value is -2.45. The van der Waals surface area contributed by atoms with Crippen molar-refractivity contribution in [2.24, 2.45) is 5.73 Å². The quantitative estimate of drug-likeness (QED) is 0.646. The van der Waals surface area contributed by atoms with Crippen LogP contribution in [0, 0.1) is 19.3 Å². The van der Waals surface area contributed by atoms with Crippen molar-refractivity contribution >= 4 is 5.84 Å². The minimum atomic E-state index is -4.59. The minimum Gasteiger partial charge on any atom is -0.384 e. The number of hydrogen-bond acceptors (Lipinski definition) is 4. The van der Waals surface area contributed by atoms with E-state index in [9.17, 15) is 13.2 Å². The summed E-state index contributed by atoms with van der Waals surface area (Å²) in [5.74, 6) is 0.187. The summed E-state index contributed by atoms with van der Waals surface area (Å²) in [7, 11) is 0. The van der Waals surface area contributed by atoms with Crippen LogP contribution in [-0.4, -0.2) is 25.6 Å². The summed E-state index contributed by atoms with van der Waals surface area (Å²) < 4.78 is 39.3. The molecule has 2 aromatic rings. The molecule has 6 nitrogen and oxygen atoms in total. The van der Waals surface area contributed by atoms with Gasteiger partial charge in [-0.2, -0.15) is 17.9 Å². The van der Waals surface area contributed by atoms with Gasteiger partial charge < -0.3 is 5.73 Å². The Morgan fingerprint density at radius 3 is 2.35 bits per heavy atom.